The number of benzene rings is 1. The topological polar surface area (TPSA) is 15.3 Å². The van der Waals surface area contributed by atoms with Crippen LogP contribution in [0.25, 0.3) is 0 Å². The van der Waals surface area contributed by atoms with E-state index in [2.05, 4.69) is 49.4 Å². The number of thioether (sulfide) groups is 1. The largest absolute Gasteiger partial charge is 0.381 e. The fraction of sp³-hybridized carbons (Fsp3) is 0.538. The smallest absolute Gasteiger partial charge is 0.0373 e. The Morgan fingerprint density at radius 2 is 2.19 bits per heavy atom. The molecule has 0 spiro atoms. The van der Waals surface area contributed by atoms with Crippen molar-refractivity contribution in [1.29, 1.82) is 0 Å². The SMILES string of the molecule is Cc1cc(N(C)C)ccc1NC1CCSC1. The molecule has 1 aromatic carbocycles. The summed E-state index contributed by atoms with van der Waals surface area (Å²) in [5.74, 6) is 2.54. The molecular weight excluding hydrogens is 216 g/mol. The van der Waals surface area contributed by atoms with Crippen LogP contribution in [0.4, 0.5) is 11.4 Å². The second-order valence-corrected chi connectivity index (χ2v) is 5.75. The molecule has 0 bridgehead atoms. The lowest BCUT2D eigenvalue weighted by molar-refractivity contribution is 0.812. The minimum atomic E-state index is 0.661. The third kappa shape index (κ3) is 2.64. The average Bonchev–Trinajstić information content (AvgIpc) is 2.73. The fourth-order valence-electron chi connectivity index (χ4n) is 1.96. The van der Waals surface area contributed by atoms with Crippen molar-refractivity contribution in [1.82, 2.24) is 0 Å². The van der Waals surface area contributed by atoms with Crippen LogP contribution in [-0.4, -0.2) is 31.6 Å². The highest BCUT2D eigenvalue weighted by atomic mass is 32.2. The van der Waals surface area contributed by atoms with E-state index in [1.807, 2.05) is 11.8 Å². The predicted molar refractivity (Wildman–Crippen MR) is 74.9 cm³/mol. The van der Waals surface area contributed by atoms with Gasteiger partial charge in [0, 0.05) is 37.3 Å². The van der Waals surface area contributed by atoms with E-state index in [0.717, 1.165) is 0 Å². The van der Waals surface area contributed by atoms with Gasteiger partial charge in [0.25, 0.3) is 0 Å². The maximum atomic E-state index is 3.64. The molecule has 16 heavy (non-hydrogen) atoms. The molecule has 1 aliphatic rings. The van der Waals surface area contributed by atoms with Crippen molar-refractivity contribution in [2.75, 3.05) is 35.8 Å². The van der Waals surface area contributed by atoms with E-state index in [9.17, 15) is 0 Å². The van der Waals surface area contributed by atoms with Crippen molar-refractivity contribution in [2.24, 2.45) is 0 Å². The van der Waals surface area contributed by atoms with Crippen LogP contribution in [0.15, 0.2) is 18.2 Å². The van der Waals surface area contributed by atoms with Gasteiger partial charge in [-0.15, -0.1) is 0 Å². The van der Waals surface area contributed by atoms with Crippen LogP contribution < -0.4 is 10.2 Å². The van der Waals surface area contributed by atoms with Gasteiger partial charge in [-0.05, 0) is 42.9 Å². The van der Waals surface area contributed by atoms with Crippen molar-refractivity contribution in [3.8, 4) is 0 Å². The normalized spacial score (nSPS) is 19.8. The Morgan fingerprint density at radius 3 is 2.75 bits per heavy atom. The summed E-state index contributed by atoms with van der Waals surface area (Å²) < 4.78 is 0. The van der Waals surface area contributed by atoms with Crippen LogP contribution in [0.1, 0.15) is 12.0 Å². The highest BCUT2D eigenvalue weighted by Gasteiger charge is 2.15. The zero-order valence-corrected chi connectivity index (χ0v) is 11.1. The van der Waals surface area contributed by atoms with Gasteiger partial charge in [-0.2, -0.15) is 11.8 Å². The van der Waals surface area contributed by atoms with Gasteiger partial charge >= 0.3 is 0 Å². The third-order valence-electron chi connectivity index (χ3n) is 3.02. The molecule has 1 atom stereocenters. The molecule has 0 amide bonds. The molecular formula is C13H20N2S. The fourth-order valence-corrected chi connectivity index (χ4v) is 3.11. The molecule has 0 aromatic heterocycles. The minimum absolute atomic E-state index is 0.661. The quantitative estimate of drug-likeness (QED) is 0.868. The number of hydrogen-bond donors (Lipinski definition) is 1. The summed E-state index contributed by atoms with van der Waals surface area (Å²) in [4.78, 5) is 2.14. The predicted octanol–water partition coefficient (Wildman–Crippen LogP) is 2.98. The van der Waals surface area contributed by atoms with E-state index in [1.165, 1.54) is 34.9 Å². The number of aryl methyl sites for hydroxylation is 1. The number of nitrogens with zero attached hydrogens (tertiary/aromatic N) is 1. The van der Waals surface area contributed by atoms with Gasteiger partial charge in [-0.3, -0.25) is 0 Å². The van der Waals surface area contributed by atoms with Gasteiger partial charge < -0.3 is 10.2 Å². The Hall–Kier alpha value is -0.830. The van der Waals surface area contributed by atoms with E-state index in [-0.39, 0.29) is 0 Å². The average molecular weight is 236 g/mol. The molecule has 0 radical (unpaired) electrons. The number of nitrogens with one attached hydrogen (secondary N) is 1. The first-order valence-electron chi connectivity index (χ1n) is 5.79. The first-order chi connectivity index (χ1) is 7.66. The maximum Gasteiger partial charge on any atom is 0.0373 e. The molecule has 1 fully saturated rings. The first-order valence-corrected chi connectivity index (χ1v) is 6.94. The summed E-state index contributed by atoms with van der Waals surface area (Å²) in [6, 6.07) is 7.28. The van der Waals surface area contributed by atoms with Gasteiger partial charge in [-0.1, -0.05) is 0 Å². The van der Waals surface area contributed by atoms with Crippen molar-refractivity contribution in [2.45, 2.75) is 19.4 Å². The molecule has 2 rings (SSSR count). The van der Waals surface area contributed by atoms with Crippen molar-refractivity contribution >= 4 is 23.1 Å². The van der Waals surface area contributed by atoms with Gasteiger partial charge in [-0.25, -0.2) is 0 Å². The van der Waals surface area contributed by atoms with Crippen LogP contribution in [0.3, 0.4) is 0 Å². The van der Waals surface area contributed by atoms with Crippen LogP contribution in [0, 0.1) is 6.92 Å². The number of anilines is 2. The lowest BCUT2D eigenvalue weighted by Gasteiger charge is -2.18. The second kappa shape index (κ2) is 5.00. The number of rotatable bonds is 3. The Labute approximate surface area is 102 Å². The van der Waals surface area contributed by atoms with Crippen LogP contribution in [-0.2, 0) is 0 Å². The van der Waals surface area contributed by atoms with E-state index in [1.54, 1.807) is 0 Å². The third-order valence-corrected chi connectivity index (χ3v) is 4.18. The molecule has 1 aromatic rings. The standard InChI is InChI=1S/C13H20N2S/c1-10-8-12(15(2)3)4-5-13(10)14-11-6-7-16-9-11/h4-5,8,11,14H,6-7,9H2,1-3H3. The second-order valence-electron chi connectivity index (χ2n) is 4.60. The zero-order valence-electron chi connectivity index (χ0n) is 10.3. The molecule has 3 heteroatoms. The molecule has 0 aliphatic carbocycles. The van der Waals surface area contributed by atoms with E-state index >= 15 is 0 Å². The summed E-state index contributed by atoms with van der Waals surface area (Å²) in [5, 5.41) is 3.64. The summed E-state index contributed by atoms with van der Waals surface area (Å²) in [5.41, 5.74) is 3.89. The molecule has 1 aliphatic heterocycles. The molecule has 1 saturated heterocycles. The molecule has 1 unspecified atom stereocenters. The summed E-state index contributed by atoms with van der Waals surface area (Å²) in [6.45, 7) is 2.18. The highest BCUT2D eigenvalue weighted by molar-refractivity contribution is 7.99. The molecule has 1 heterocycles. The lowest BCUT2D eigenvalue weighted by atomic mass is 10.1. The minimum Gasteiger partial charge on any atom is -0.381 e. The van der Waals surface area contributed by atoms with Crippen LogP contribution in [0.2, 0.25) is 0 Å². The van der Waals surface area contributed by atoms with Gasteiger partial charge in [0.1, 0.15) is 0 Å². The summed E-state index contributed by atoms with van der Waals surface area (Å²) >= 11 is 2.04. The molecule has 2 nitrogen and oxygen atoms in total. The van der Waals surface area contributed by atoms with Crippen LogP contribution >= 0.6 is 11.8 Å². The Bertz CT molecular complexity index is 357. The maximum absolute atomic E-state index is 3.64. The summed E-state index contributed by atoms with van der Waals surface area (Å²) in [6.07, 6.45) is 1.29. The van der Waals surface area contributed by atoms with E-state index in [0.29, 0.717) is 6.04 Å². The molecule has 1 N–H and O–H groups in total. The highest BCUT2D eigenvalue weighted by Crippen LogP contribution is 2.25. The van der Waals surface area contributed by atoms with E-state index in [4.69, 9.17) is 0 Å². The zero-order chi connectivity index (χ0) is 11.5. The molecule has 88 valence electrons. The van der Waals surface area contributed by atoms with Crippen molar-refractivity contribution in [3.05, 3.63) is 23.8 Å². The monoisotopic (exact) mass is 236 g/mol. The van der Waals surface area contributed by atoms with Gasteiger partial charge in [0.2, 0.25) is 0 Å². The Kier molecular flexibility index (Phi) is 3.64. The summed E-state index contributed by atoms with van der Waals surface area (Å²) in [7, 11) is 4.16. The van der Waals surface area contributed by atoms with Gasteiger partial charge in [0.15, 0.2) is 0 Å². The first kappa shape index (κ1) is 11.6. The van der Waals surface area contributed by atoms with Crippen molar-refractivity contribution in [3.63, 3.8) is 0 Å². The van der Waals surface area contributed by atoms with Crippen LogP contribution in [0.5, 0.6) is 0 Å². The van der Waals surface area contributed by atoms with Gasteiger partial charge in [0.05, 0.1) is 0 Å². The van der Waals surface area contributed by atoms with Crippen molar-refractivity contribution < 1.29 is 0 Å². The number of hydrogen-bond acceptors (Lipinski definition) is 3. The lowest BCUT2D eigenvalue weighted by Crippen LogP contribution is -2.19. The Morgan fingerprint density at radius 1 is 1.38 bits per heavy atom. The molecule has 0 saturated carbocycles. The van der Waals surface area contributed by atoms with E-state index < -0.39 is 0 Å². The Balaban J connectivity index is 2.09.